The third kappa shape index (κ3) is 6.67. The average Bonchev–Trinajstić information content (AvgIpc) is 2.79. The Morgan fingerprint density at radius 2 is 1.50 bits per heavy atom. The lowest BCUT2D eigenvalue weighted by atomic mass is 10.1. The molecule has 3 aromatic carbocycles. The molecule has 0 aliphatic carbocycles. The Kier molecular flexibility index (Phi) is 8.03. The average molecular weight is 471 g/mol. The number of hydrogen-bond acceptors (Lipinski definition) is 4. The Labute approximate surface area is 192 Å². The highest BCUT2D eigenvalue weighted by Gasteiger charge is 2.18. The lowest BCUT2D eigenvalue weighted by Crippen LogP contribution is -2.27. The number of rotatable bonds is 9. The second-order valence-electron chi connectivity index (χ2n) is 7.11. The number of hydrogen-bond donors (Lipinski definition) is 2. The van der Waals surface area contributed by atoms with Crippen molar-refractivity contribution in [3.63, 3.8) is 0 Å². The number of nitrogens with one attached hydrogen (secondary N) is 2. The highest BCUT2D eigenvalue weighted by Crippen LogP contribution is 2.18. The van der Waals surface area contributed by atoms with Crippen molar-refractivity contribution >= 4 is 38.9 Å². The molecule has 0 radical (unpaired) electrons. The maximum atomic E-state index is 12.6. The molecule has 0 bridgehead atoms. The van der Waals surface area contributed by atoms with Gasteiger partial charge < -0.3 is 10.6 Å². The molecule has 0 saturated carbocycles. The summed E-state index contributed by atoms with van der Waals surface area (Å²) in [6, 6.07) is 22.2. The van der Waals surface area contributed by atoms with Gasteiger partial charge in [0.2, 0.25) is 5.91 Å². The Balaban J connectivity index is 1.57. The SMILES string of the molecule is O=C(CCS(=O)(=O)c1ccc(Cl)cc1)Nc1ccccc1C(=O)NCCc1ccccc1. The zero-order valence-corrected chi connectivity index (χ0v) is 18.8. The molecule has 3 aromatic rings. The standard InChI is InChI=1S/C24H23ClN2O4S/c25-19-10-12-20(13-11-19)32(30,31)17-15-23(28)27-22-9-5-4-8-21(22)24(29)26-16-14-18-6-2-1-3-7-18/h1-13H,14-17H2,(H,26,29)(H,27,28). The normalized spacial score (nSPS) is 11.0. The van der Waals surface area contributed by atoms with E-state index >= 15 is 0 Å². The van der Waals surface area contributed by atoms with E-state index in [1.54, 1.807) is 24.3 Å². The van der Waals surface area contributed by atoms with Crippen LogP contribution in [0.15, 0.2) is 83.8 Å². The van der Waals surface area contributed by atoms with Crippen molar-refractivity contribution in [2.75, 3.05) is 17.6 Å². The van der Waals surface area contributed by atoms with Crippen molar-refractivity contribution in [2.24, 2.45) is 0 Å². The predicted molar refractivity (Wildman–Crippen MR) is 126 cm³/mol. The van der Waals surface area contributed by atoms with Gasteiger partial charge in [-0.25, -0.2) is 8.42 Å². The Bertz CT molecular complexity index is 1180. The fourth-order valence-corrected chi connectivity index (χ4v) is 4.42. The molecule has 0 aliphatic rings. The van der Waals surface area contributed by atoms with Crippen LogP contribution >= 0.6 is 11.6 Å². The molecule has 0 spiro atoms. The third-order valence-corrected chi connectivity index (χ3v) is 6.74. The van der Waals surface area contributed by atoms with Gasteiger partial charge in [-0.2, -0.15) is 0 Å². The van der Waals surface area contributed by atoms with Crippen molar-refractivity contribution in [3.8, 4) is 0 Å². The molecule has 0 aromatic heterocycles. The first-order valence-corrected chi connectivity index (χ1v) is 12.1. The zero-order valence-electron chi connectivity index (χ0n) is 17.3. The number of amides is 2. The van der Waals surface area contributed by atoms with Gasteiger partial charge in [0.15, 0.2) is 9.84 Å². The first-order valence-electron chi connectivity index (χ1n) is 10.0. The molecule has 8 heteroatoms. The minimum atomic E-state index is -3.63. The van der Waals surface area contributed by atoms with Gasteiger partial charge in [-0.15, -0.1) is 0 Å². The molecule has 0 unspecified atom stereocenters. The van der Waals surface area contributed by atoms with Gasteiger partial charge in [-0.3, -0.25) is 9.59 Å². The molecule has 166 valence electrons. The highest BCUT2D eigenvalue weighted by molar-refractivity contribution is 7.91. The van der Waals surface area contributed by atoms with E-state index in [0.29, 0.717) is 29.2 Å². The predicted octanol–water partition coefficient (Wildman–Crippen LogP) is 4.12. The summed E-state index contributed by atoms with van der Waals surface area (Å²) in [6.07, 6.45) is 0.443. The van der Waals surface area contributed by atoms with Crippen LogP contribution in [0.3, 0.4) is 0 Å². The Morgan fingerprint density at radius 3 is 2.22 bits per heavy atom. The lowest BCUT2D eigenvalue weighted by Gasteiger charge is -2.12. The summed E-state index contributed by atoms with van der Waals surface area (Å²) in [5.41, 5.74) is 1.75. The second kappa shape index (κ2) is 10.9. The van der Waals surface area contributed by atoms with Crippen LogP contribution in [0.4, 0.5) is 5.69 Å². The van der Waals surface area contributed by atoms with Gasteiger partial charge in [0.1, 0.15) is 0 Å². The molecule has 0 fully saturated rings. The van der Waals surface area contributed by atoms with Crippen LogP contribution < -0.4 is 10.6 Å². The molecule has 0 atom stereocenters. The Morgan fingerprint density at radius 1 is 0.844 bits per heavy atom. The molecule has 3 rings (SSSR count). The van der Waals surface area contributed by atoms with E-state index < -0.39 is 15.7 Å². The van der Waals surface area contributed by atoms with Crippen molar-refractivity contribution < 1.29 is 18.0 Å². The van der Waals surface area contributed by atoms with Gasteiger partial charge in [-0.05, 0) is 48.4 Å². The van der Waals surface area contributed by atoms with E-state index in [9.17, 15) is 18.0 Å². The molecule has 2 N–H and O–H groups in total. The number of anilines is 1. The maximum Gasteiger partial charge on any atom is 0.253 e. The van der Waals surface area contributed by atoms with E-state index in [4.69, 9.17) is 11.6 Å². The molecule has 2 amide bonds. The van der Waals surface area contributed by atoms with E-state index in [0.717, 1.165) is 5.56 Å². The summed E-state index contributed by atoms with van der Waals surface area (Å²) in [7, 11) is -3.63. The van der Waals surface area contributed by atoms with E-state index in [2.05, 4.69) is 10.6 Å². The fourth-order valence-electron chi connectivity index (χ4n) is 3.05. The van der Waals surface area contributed by atoms with Crippen LogP contribution in [-0.2, 0) is 21.1 Å². The van der Waals surface area contributed by atoms with Gasteiger partial charge >= 0.3 is 0 Å². The minimum Gasteiger partial charge on any atom is -0.352 e. The third-order valence-electron chi connectivity index (χ3n) is 4.76. The first kappa shape index (κ1) is 23.5. The van der Waals surface area contributed by atoms with Crippen molar-refractivity contribution in [1.29, 1.82) is 0 Å². The summed E-state index contributed by atoms with van der Waals surface area (Å²) in [6.45, 7) is 0.449. The smallest absolute Gasteiger partial charge is 0.253 e. The zero-order chi connectivity index (χ0) is 23.0. The van der Waals surface area contributed by atoms with Gasteiger partial charge in [0, 0.05) is 18.0 Å². The summed E-state index contributed by atoms with van der Waals surface area (Å²) in [5, 5.41) is 5.92. The molecule has 6 nitrogen and oxygen atoms in total. The van der Waals surface area contributed by atoms with Crippen LogP contribution in [0.5, 0.6) is 0 Å². The highest BCUT2D eigenvalue weighted by atomic mass is 35.5. The number of carbonyl (C=O) groups excluding carboxylic acids is 2. The van der Waals surface area contributed by atoms with E-state index in [-0.39, 0.29) is 23.0 Å². The van der Waals surface area contributed by atoms with Crippen molar-refractivity contribution in [2.45, 2.75) is 17.7 Å². The monoisotopic (exact) mass is 470 g/mol. The molecule has 32 heavy (non-hydrogen) atoms. The summed E-state index contributed by atoms with van der Waals surface area (Å²) < 4.78 is 24.8. The molecule has 0 aliphatic heterocycles. The van der Waals surface area contributed by atoms with Crippen LogP contribution in [0, 0.1) is 0 Å². The van der Waals surface area contributed by atoms with Crippen LogP contribution in [0.2, 0.25) is 5.02 Å². The van der Waals surface area contributed by atoms with Crippen LogP contribution in [-0.4, -0.2) is 32.5 Å². The number of halogens is 1. The first-order chi connectivity index (χ1) is 15.3. The lowest BCUT2D eigenvalue weighted by molar-refractivity contribution is -0.115. The molecular formula is C24H23ClN2O4S. The minimum absolute atomic E-state index is 0.105. The van der Waals surface area contributed by atoms with Crippen molar-refractivity contribution in [1.82, 2.24) is 5.32 Å². The van der Waals surface area contributed by atoms with Crippen molar-refractivity contribution in [3.05, 3.63) is 95.0 Å². The summed E-state index contributed by atoms with van der Waals surface area (Å²) >= 11 is 5.79. The fraction of sp³-hybridized carbons (Fsp3) is 0.167. The van der Waals surface area contributed by atoms with Gasteiger partial charge in [-0.1, -0.05) is 54.1 Å². The molecule has 0 heterocycles. The summed E-state index contributed by atoms with van der Waals surface area (Å²) in [4.78, 5) is 25.1. The molecule has 0 saturated heterocycles. The maximum absolute atomic E-state index is 12.6. The second-order valence-corrected chi connectivity index (χ2v) is 9.65. The molecular weight excluding hydrogens is 448 g/mol. The number of carbonyl (C=O) groups is 2. The summed E-state index contributed by atoms with van der Waals surface area (Å²) in [5.74, 6) is -1.16. The van der Waals surface area contributed by atoms with E-state index in [1.807, 2.05) is 30.3 Å². The largest absolute Gasteiger partial charge is 0.352 e. The van der Waals surface area contributed by atoms with Gasteiger partial charge in [0.25, 0.3) is 5.91 Å². The van der Waals surface area contributed by atoms with E-state index in [1.165, 1.54) is 24.3 Å². The number of para-hydroxylation sites is 1. The quantitative estimate of drug-likeness (QED) is 0.492. The van der Waals surface area contributed by atoms with Crippen LogP contribution in [0.1, 0.15) is 22.3 Å². The topological polar surface area (TPSA) is 92.3 Å². The van der Waals surface area contributed by atoms with Gasteiger partial charge in [0.05, 0.1) is 21.9 Å². The number of benzene rings is 3. The Hall–Kier alpha value is -3.16. The van der Waals surface area contributed by atoms with Crippen LogP contribution in [0.25, 0.3) is 0 Å². The number of sulfone groups is 1.